The van der Waals surface area contributed by atoms with Crippen molar-refractivity contribution in [1.29, 1.82) is 0 Å². The molecular weight excluding hydrogens is 283 g/mol. The Morgan fingerprint density at radius 1 is 1.33 bits per heavy atom. The Hall–Kier alpha value is -1.57. The Bertz CT molecular complexity index is 491. The van der Waals surface area contributed by atoms with Gasteiger partial charge in [0.05, 0.1) is 0 Å². The molecule has 1 aliphatic rings. The second kappa shape index (κ2) is 6.05. The van der Waals surface area contributed by atoms with E-state index in [1.54, 1.807) is 0 Å². The van der Waals surface area contributed by atoms with Crippen LogP contribution in [-0.4, -0.2) is 16.0 Å². The molecule has 21 heavy (non-hydrogen) atoms. The summed E-state index contributed by atoms with van der Waals surface area (Å²) in [5.74, 6) is 6.04. The maximum atomic E-state index is 12.8. The largest absolute Gasteiger partial charge is 0.433 e. The van der Waals surface area contributed by atoms with Crippen LogP contribution >= 0.6 is 0 Å². The SMILES string of the molecule is CCC1CCC(Nc2cc(C(F)(F)F)nc(NN)n2)C1C. The van der Waals surface area contributed by atoms with Crippen molar-refractivity contribution >= 4 is 11.8 Å². The molecule has 3 atom stereocenters. The van der Waals surface area contributed by atoms with Crippen molar-refractivity contribution in [3.63, 3.8) is 0 Å². The number of hydrazine groups is 1. The minimum Gasteiger partial charge on any atom is -0.367 e. The van der Waals surface area contributed by atoms with Crippen LogP contribution in [-0.2, 0) is 6.18 Å². The Balaban J connectivity index is 2.20. The summed E-state index contributed by atoms with van der Waals surface area (Å²) in [5.41, 5.74) is 1.07. The molecule has 1 heterocycles. The van der Waals surface area contributed by atoms with E-state index in [2.05, 4.69) is 34.6 Å². The van der Waals surface area contributed by atoms with E-state index in [-0.39, 0.29) is 17.8 Å². The molecule has 2 rings (SSSR count). The van der Waals surface area contributed by atoms with Crippen LogP contribution in [0.15, 0.2) is 6.07 Å². The lowest BCUT2D eigenvalue weighted by atomic mass is 9.93. The zero-order valence-electron chi connectivity index (χ0n) is 12.0. The zero-order valence-corrected chi connectivity index (χ0v) is 12.0. The van der Waals surface area contributed by atoms with Gasteiger partial charge >= 0.3 is 6.18 Å². The Kier molecular flexibility index (Phi) is 4.55. The van der Waals surface area contributed by atoms with Crippen molar-refractivity contribution in [2.24, 2.45) is 17.7 Å². The van der Waals surface area contributed by atoms with Gasteiger partial charge in [-0.05, 0) is 24.7 Å². The van der Waals surface area contributed by atoms with Gasteiger partial charge in [0.1, 0.15) is 5.82 Å². The van der Waals surface area contributed by atoms with Gasteiger partial charge in [-0.25, -0.2) is 10.8 Å². The molecule has 1 fully saturated rings. The molecule has 0 aliphatic heterocycles. The number of anilines is 2. The topological polar surface area (TPSA) is 75.9 Å². The zero-order chi connectivity index (χ0) is 15.6. The summed E-state index contributed by atoms with van der Waals surface area (Å²) >= 11 is 0. The van der Waals surface area contributed by atoms with Crippen molar-refractivity contribution in [2.75, 3.05) is 10.7 Å². The summed E-state index contributed by atoms with van der Waals surface area (Å²) in [4.78, 5) is 7.29. The molecule has 0 saturated heterocycles. The van der Waals surface area contributed by atoms with E-state index in [0.717, 1.165) is 25.3 Å². The number of alkyl halides is 3. The number of hydrogen-bond acceptors (Lipinski definition) is 5. The lowest BCUT2D eigenvalue weighted by Gasteiger charge is -2.22. The predicted octanol–water partition coefficient (Wildman–Crippen LogP) is 3.02. The summed E-state index contributed by atoms with van der Waals surface area (Å²) in [5, 5.41) is 3.10. The molecule has 3 unspecified atom stereocenters. The van der Waals surface area contributed by atoms with Crippen LogP contribution in [0.2, 0.25) is 0 Å². The van der Waals surface area contributed by atoms with Crippen molar-refractivity contribution in [2.45, 2.75) is 45.3 Å². The van der Waals surface area contributed by atoms with Gasteiger partial charge in [0.2, 0.25) is 5.95 Å². The van der Waals surface area contributed by atoms with Gasteiger partial charge in [0.15, 0.2) is 5.69 Å². The van der Waals surface area contributed by atoms with E-state index in [1.165, 1.54) is 0 Å². The van der Waals surface area contributed by atoms with E-state index in [0.29, 0.717) is 11.8 Å². The van der Waals surface area contributed by atoms with Gasteiger partial charge in [0.25, 0.3) is 0 Å². The molecule has 0 radical (unpaired) electrons. The third kappa shape index (κ3) is 3.55. The smallest absolute Gasteiger partial charge is 0.367 e. The van der Waals surface area contributed by atoms with Gasteiger partial charge in [-0.2, -0.15) is 18.2 Å². The number of nitrogens with one attached hydrogen (secondary N) is 2. The van der Waals surface area contributed by atoms with Crippen molar-refractivity contribution in [3.05, 3.63) is 11.8 Å². The fraction of sp³-hybridized carbons (Fsp3) is 0.692. The monoisotopic (exact) mass is 303 g/mol. The fourth-order valence-corrected chi connectivity index (χ4v) is 2.95. The lowest BCUT2D eigenvalue weighted by Crippen LogP contribution is -2.26. The number of rotatable bonds is 4. The molecular formula is C13H20F3N5. The lowest BCUT2D eigenvalue weighted by molar-refractivity contribution is -0.141. The van der Waals surface area contributed by atoms with Crippen LogP contribution in [0.3, 0.4) is 0 Å². The number of nitrogens with zero attached hydrogens (tertiary/aromatic N) is 2. The normalized spacial score (nSPS) is 25.9. The number of nitrogen functional groups attached to an aromatic ring is 1. The van der Waals surface area contributed by atoms with Gasteiger partial charge in [-0.1, -0.05) is 20.3 Å². The molecule has 0 amide bonds. The Morgan fingerprint density at radius 3 is 2.57 bits per heavy atom. The maximum absolute atomic E-state index is 12.8. The van der Waals surface area contributed by atoms with Crippen LogP contribution < -0.4 is 16.6 Å². The van der Waals surface area contributed by atoms with Gasteiger partial charge < -0.3 is 5.32 Å². The third-order valence-corrected chi connectivity index (χ3v) is 4.23. The molecule has 8 heteroatoms. The summed E-state index contributed by atoms with van der Waals surface area (Å²) in [6.07, 6.45) is -1.45. The number of nitrogens with two attached hydrogens (primary N) is 1. The van der Waals surface area contributed by atoms with E-state index in [4.69, 9.17) is 5.84 Å². The average Bonchev–Trinajstić information content (AvgIpc) is 2.78. The van der Waals surface area contributed by atoms with Gasteiger partial charge in [-0.3, -0.25) is 5.43 Å². The van der Waals surface area contributed by atoms with Crippen molar-refractivity contribution in [1.82, 2.24) is 9.97 Å². The van der Waals surface area contributed by atoms with Crippen LogP contribution in [0, 0.1) is 11.8 Å². The molecule has 0 aromatic carbocycles. The minimum absolute atomic E-state index is 0.122. The summed E-state index contributed by atoms with van der Waals surface area (Å²) in [7, 11) is 0. The van der Waals surface area contributed by atoms with Crippen LogP contribution in [0.25, 0.3) is 0 Å². The summed E-state index contributed by atoms with van der Waals surface area (Å²) in [6, 6.07) is 1.05. The quantitative estimate of drug-likeness (QED) is 0.589. The van der Waals surface area contributed by atoms with Crippen molar-refractivity contribution < 1.29 is 13.2 Å². The molecule has 1 aliphatic carbocycles. The van der Waals surface area contributed by atoms with Gasteiger partial charge in [-0.15, -0.1) is 0 Å². The number of aromatic nitrogens is 2. The third-order valence-electron chi connectivity index (χ3n) is 4.23. The first-order valence-electron chi connectivity index (χ1n) is 7.04. The summed E-state index contributed by atoms with van der Waals surface area (Å²) in [6.45, 7) is 4.25. The van der Waals surface area contributed by atoms with Crippen LogP contribution in [0.1, 0.15) is 38.8 Å². The molecule has 1 aromatic heterocycles. The molecule has 0 spiro atoms. The molecule has 1 saturated carbocycles. The van der Waals surface area contributed by atoms with E-state index in [1.807, 2.05) is 0 Å². The van der Waals surface area contributed by atoms with E-state index < -0.39 is 11.9 Å². The fourth-order valence-electron chi connectivity index (χ4n) is 2.95. The minimum atomic E-state index is -4.53. The van der Waals surface area contributed by atoms with E-state index >= 15 is 0 Å². The van der Waals surface area contributed by atoms with E-state index in [9.17, 15) is 13.2 Å². The highest BCUT2D eigenvalue weighted by molar-refractivity contribution is 5.43. The number of halogens is 3. The molecule has 118 valence electrons. The highest BCUT2D eigenvalue weighted by Gasteiger charge is 2.35. The van der Waals surface area contributed by atoms with Gasteiger partial charge in [0, 0.05) is 12.1 Å². The number of hydrogen-bond donors (Lipinski definition) is 3. The second-order valence-corrected chi connectivity index (χ2v) is 5.46. The second-order valence-electron chi connectivity index (χ2n) is 5.46. The summed E-state index contributed by atoms with van der Waals surface area (Å²) < 4.78 is 38.4. The Morgan fingerprint density at radius 2 is 2.05 bits per heavy atom. The molecule has 0 bridgehead atoms. The maximum Gasteiger partial charge on any atom is 0.433 e. The predicted molar refractivity (Wildman–Crippen MR) is 74.4 cm³/mol. The molecule has 1 aromatic rings. The average molecular weight is 303 g/mol. The molecule has 5 nitrogen and oxygen atoms in total. The first-order valence-corrected chi connectivity index (χ1v) is 7.04. The Labute approximate surface area is 121 Å². The van der Waals surface area contributed by atoms with Crippen LogP contribution in [0.4, 0.5) is 24.9 Å². The first-order chi connectivity index (χ1) is 9.85. The molecule has 4 N–H and O–H groups in total. The first kappa shape index (κ1) is 15.8. The standard InChI is InChI=1S/C13H20F3N5/c1-3-8-4-5-9(7(8)2)18-11-6-10(13(14,15)16)19-12(20-11)21-17/h6-9H,3-5,17H2,1-2H3,(H2,18,19,20,21). The van der Waals surface area contributed by atoms with Crippen molar-refractivity contribution in [3.8, 4) is 0 Å². The highest BCUT2D eigenvalue weighted by Crippen LogP contribution is 2.36. The van der Waals surface area contributed by atoms with Crippen LogP contribution in [0.5, 0.6) is 0 Å². The highest BCUT2D eigenvalue weighted by atomic mass is 19.4.